The first-order valence-electron chi connectivity index (χ1n) is 5.96. The zero-order valence-electron chi connectivity index (χ0n) is 10.4. The van der Waals surface area contributed by atoms with E-state index in [0.29, 0.717) is 18.9 Å². The van der Waals surface area contributed by atoms with Crippen LogP contribution in [0, 0.1) is 5.92 Å². The zero-order chi connectivity index (χ0) is 13.7. The standard InChI is InChI=1S/C11H19N3O4/c1-7(10(17)13-11(12)18)14-5-4-8(6-14)2-3-9(15)16/h7-8H,2-6H2,1H3,(H,15,16)(H3,12,13,17,18). The number of nitrogens with one attached hydrogen (secondary N) is 1. The third kappa shape index (κ3) is 4.33. The molecule has 102 valence electrons. The van der Waals surface area contributed by atoms with Gasteiger partial charge in [-0.1, -0.05) is 0 Å². The number of hydrogen-bond acceptors (Lipinski definition) is 4. The number of likely N-dealkylation sites (tertiary alicyclic amines) is 1. The maximum Gasteiger partial charge on any atom is 0.318 e. The summed E-state index contributed by atoms with van der Waals surface area (Å²) in [6, 6.07) is -1.28. The van der Waals surface area contributed by atoms with Gasteiger partial charge in [-0.25, -0.2) is 4.79 Å². The van der Waals surface area contributed by atoms with Crippen molar-refractivity contribution >= 4 is 17.9 Å². The summed E-state index contributed by atoms with van der Waals surface area (Å²) in [6.07, 6.45) is 1.65. The number of carbonyl (C=O) groups excluding carboxylic acids is 2. The first-order chi connectivity index (χ1) is 8.40. The molecule has 0 aromatic rings. The summed E-state index contributed by atoms with van der Waals surface area (Å²) in [4.78, 5) is 34.5. The lowest BCUT2D eigenvalue weighted by Gasteiger charge is -2.22. The number of imide groups is 1. The Bertz CT molecular complexity index is 345. The van der Waals surface area contributed by atoms with Gasteiger partial charge in [0.05, 0.1) is 6.04 Å². The van der Waals surface area contributed by atoms with Crippen molar-refractivity contribution in [2.24, 2.45) is 11.7 Å². The van der Waals surface area contributed by atoms with E-state index in [1.807, 2.05) is 10.2 Å². The van der Waals surface area contributed by atoms with Gasteiger partial charge in [0.1, 0.15) is 0 Å². The number of nitrogens with zero attached hydrogens (tertiary/aromatic N) is 1. The Labute approximate surface area is 105 Å². The molecule has 2 unspecified atom stereocenters. The van der Waals surface area contributed by atoms with Crippen LogP contribution in [0.25, 0.3) is 0 Å². The highest BCUT2D eigenvalue weighted by molar-refractivity contribution is 5.96. The van der Waals surface area contributed by atoms with Crippen LogP contribution >= 0.6 is 0 Å². The Morgan fingerprint density at radius 1 is 1.50 bits per heavy atom. The van der Waals surface area contributed by atoms with Crippen LogP contribution in [0.4, 0.5) is 4.79 Å². The van der Waals surface area contributed by atoms with Crippen molar-refractivity contribution in [2.45, 2.75) is 32.2 Å². The van der Waals surface area contributed by atoms with Gasteiger partial charge in [-0.15, -0.1) is 0 Å². The molecule has 7 nitrogen and oxygen atoms in total. The smallest absolute Gasteiger partial charge is 0.318 e. The van der Waals surface area contributed by atoms with E-state index in [1.165, 1.54) is 0 Å². The van der Waals surface area contributed by atoms with E-state index in [0.717, 1.165) is 13.0 Å². The van der Waals surface area contributed by atoms with E-state index in [-0.39, 0.29) is 6.42 Å². The van der Waals surface area contributed by atoms with E-state index < -0.39 is 23.9 Å². The Morgan fingerprint density at radius 3 is 2.72 bits per heavy atom. The van der Waals surface area contributed by atoms with E-state index in [1.54, 1.807) is 6.92 Å². The Morgan fingerprint density at radius 2 is 2.17 bits per heavy atom. The largest absolute Gasteiger partial charge is 0.481 e. The summed E-state index contributed by atoms with van der Waals surface area (Å²) >= 11 is 0. The summed E-state index contributed by atoms with van der Waals surface area (Å²) in [5.74, 6) is -0.917. The Hall–Kier alpha value is -1.63. The number of amides is 3. The lowest BCUT2D eigenvalue weighted by atomic mass is 10.0. The molecule has 2 atom stereocenters. The average Bonchev–Trinajstić information content (AvgIpc) is 2.72. The highest BCUT2D eigenvalue weighted by Crippen LogP contribution is 2.22. The van der Waals surface area contributed by atoms with Crippen LogP contribution < -0.4 is 11.1 Å². The van der Waals surface area contributed by atoms with Gasteiger partial charge in [-0.2, -0.15) is 0 Å². The molecule has 1 saturated heterocycles. The van der Waals surface area contributed by atoms with Crippen molar-refractivity contribution in [3.8, 4) is 0 Å². The summed E-state index contributed by atoms with van der Waals surface area (Å²) in [7, 11) is 0. The third-order valence-corrected chi connectivity index (χ3v) is 3.26. The predicted molar refractivity (Wildman–Crippen MR) is 63.7 cm³/mol. The minimum atomic E-state index is -0.853. The molecule has 0 bridgehead atoms. The second-order valence-corrected chi connectivity index (χ2v) is 4.61. The molecule has 1 aliphatic heterocycles. The molecule has 7 heteroatoms. The summed E-state index contributed by atoms with van der Waals surface area (Å²) in [5.41, 5.74) is 4.88. The maximum atomic E-state index is 11.6. The van der Waals surface area contributed by atoms with E-state index in [9.17, 15) is 14.4 Å². The van der Waals surface area contributed by atoms with E-state index >= 15 is 0 Å². The van der Waals surface area contributed by atoms with Gasteiger partial charge in [0.25, 0.3) is 0 Å². The lowest BCUT2D eigenvalue weighted by molar-refractivity contribution is -0.137. The molecule has 18 heavy (non-hydrogen) atoms. The molecule has 0 radical (unpaired) electrons. The lowest BCUT2D eigenvalue weighted by Crippen LogP contribution is -2.47. The third-order valence-electron chi connectivity index (χ3n) is 3.26. The Balaban J connectivity index is 2.38. The Kier molecular flexibility index (Phi) is 5.08. The van der Waals surface area contributed by atoms with Gasteiger partial charge in [0, 0.05) is 13.0 Å². The van der Waals surface area contributed by atoms with Crippen molar-refractivity contribution in [3.63, 3.8) is 0 Å². The molecule has 1 fully saturated rings. The van der Waals surface area contributed by atoms with Gasteiger partial charge in [0.15, 0.2) is 0 Å². The zero-order valence-corrected chi connectivity index (χ0v) is 10.4. The summed E-state index contributed by atoms with van der Waals surface area (Å²) < 4.78 is 0. The number of carbonyl (C=O) groups is 3. The van der Waals surface area contributed by atoms with Gasteiger partial charge in [0.2, 0.25) is 5.91 Å². The molecule has 3 amide bonds. The predicted octanol–water partition coefficient (Wildman–Crippen LogP) is -0.243. The summed E-state index contributed by atoms with van der Waals surface area (Å²) in [5, 5.41) is 10.7. The first-order valence-corrected chi connectivity index (χ1v) is 5.96. The molecule has 1 aliphatic rings. The highest BCUT2D eigenvalue weighted by atomic mass is 16.4. The molecular weight excluding hydrogens is 238 g/mol. The maximum absolute atomic E-state index is 11.6. The van der Waals surface area contributed by atoms with Gasteiger partial charge >= 0.3 is 12.0 Å². The van der Waals surface area contributed by atoms with Crippen molar-refractivity contribution in [2.75, 3.05) is 13.1 Å². The van der Waals surface area contributed by atoms with E-state index in [4.69, 9.17) is 10.8 Å². The normalized spacial score (nSPS) is 21.5. The fourth-order valence-electron chi connectivity index (χ4n) is 2.17. The first kappa shape index (κ1) is 14.4. The number of carboxylic acid groups (broad SMARTS) is 1. The number of carboxylic acids is 1. The van der Waals surface area contributed by atoms with Crippen LogP contribution in [0.5, 0.6) is 0 Å². The van der Waals surface area contributed by atoms with Crippen LogP contribution in [-0.4, -0.2) is 47.0 Å². The number of aliphatic carboxylic acids is 1. The molecule has 0 aromatic carbocycles. The number of hydrogen-bond donors (Lipinski definition) is 3. The van der Waals surface area contributed by atoms with Crippen LogP contribution in [0.15, 0.2) is 0 Å². The van der Waals surface area contributed by atoms with Crippen LogP contribution in [0.3, 0.4) is 0 Å². The van der Waals surface area contributed by atoms with Crippen LogP contribution in [-0.2, 0) is 9.59 Å². The topological polar surface area (TPSA) is 113 Å². The number of nitrogens with two attached hydrogens (primary N) is 1. The molecule has 0 saturated carbocycles. The molecule has 0 aliphatic carbocycles. The SMILES string of the molecule is CC(C(=O)NC(N)=O)N1CCC(CCC(=O)O)C1. The van der Waals surface area contributed by atoms with E-state index in [2.05, 4.69) is 0 Å². The second kappa shape index (κ2) is 6.34. The summed E-state index contributed by atoms with van der Waals surface area (Å²) in [6.45, 7) is 3.12. The fraction of sp³-hybridized carbons (Fsp3) is 0.727. The monoisotopic (exact) mass is 257 g/mol. The van der Waals surface area contributed by atoms with Crippen LogP contribution in [0.1, 0.15) is 26.2 Å². The highest BCUT2D eigenvalue weighted by Gasteiger charge is 2.29. The molecular formula is C11H19N3O4. The quantitative estimate of drug-likeness (QED) is 0.629. The number of primary amides is 1. The number of urea groups is 1. The minimum absolute atomic E-state index is 0.153. The van der Waals surface area contributed by atoms with Crippen molar-refractivity contribution < 1.29 is 19.5 Å². The second-order valence-electron chi connectivity index (χ2n) is 4.61. The minimum Gasteiger partial charge on any atom is -0.481 e. The number of rotatable bonds is 5. The van der Waals surface area contributed by atoms with Gasteiger partial charge in [-0.05, 0) is 32.2 Å². The molecule has 1 heterocycles. The molecule has 4 N–H and O–H groups in total. The van der Waals surface area contributed by atoms with Gasteiger partial charge in [-0.3, -0.25) is 19.8 Å². The van der Waals surface area contributed by atoms with Crippen molar-refractivity contribution in [3.05, 3.63) is 0 Å². The molecule has 0 aromatic heterocycles. The van der Waals surface area contributed by atoms with Gasteiger partial charge < -0.3 is 10.8 Å². The van der Waals surface area contributed by atoms with Crippen molar-refractivity contribution in [1.82, 2.24) is 10.2 Å². The average molecular weight is 257 g/mol. The van der Waals surface area contributed by atoms with Crippen LogP contribution in [0.2, 0.25) is 0 Å². The fourth-order valence-corrected chi connectivity index (χ4v) is 2.17. The molecule has 0 spiro atoms. The van der Waals surface area contributed by atoms with Crippen molar-refractivity contribution in [1.29, 1.82) is 0 Å². The molecule has 1 rings (SSSR count).